The maximum absolute atomic E-state index is 11.0. The van der Waals surface area contributed by atoms with Gasteiger partial charge in [-0.2, -0.15) is 0 Å². The average molecular weight is 170 g/mol. The number of hydrogen-bond acceptors (Lipinski definition) is 2. The zero-order valence-electron chi connectivity index (χ0n) is 7.31. The average Bonchev–Trinajstić information content (AvgIpc) is 1.85. The minimum Gasteiger partial charge on any atom is -0.388 e. The lowest BCUT2D eigenvalue weighted by Gasteiger charge is -1.94. The topological polar surface area (TPSA) is 34.1 Å². The van der Waals surface area contributed by atoms with Crippen LogP contribution < -0.4 is 0 Å². The fraction of sp³-hybridized carbons (Fsp3) is 0.625. The van der Waals surface area contributed by atoms with E-state index in [4.69, 9.17) is 0 Å². The summed E-state index contributed by atoms with van der Waals surface area (Å²) >= 11 is 0. The SMILES string of the molecule is CC[Si](=O)CC(C)=CC(C)=O. The Kier molecular flexibility index (Phi) is 4.86. The van der Waals surface area contributed by atoms with Crippen molar-refractivity contribution < 1.29 is 9.26 Å². The normalized spacial score (nSPS) is 11.4. The molecule has 0 radical (unpaired) electrons. The van der Waals surface area contributed by atoms with Gasteiger partial charge >= 0.3 is 0 Å². The van der Waals surface area contributed by atoms with Crippen LogP contribution in [0, 0.1) is 0 Å². The van der Waals surface area contributed by atoms with Crippen LogP contribution in [0.15, 0.2) is 11.6 Å². The Labute approximate surface area is 69.0 Å². The van der Waals surface area contributed by atoms with Crippen LogP contribution in [0.5, 0.6) is 0 Å². The fourth-order valence-corrected chi connectivity index (χ4v) is 1.81. The van der Waals surface area contributed by atoms with Crippen molar-refractivity contribution in [3.8, 4) is 0 Å². The number of rotatable bonds is 4. The highest BCUT2D eigenvalue weighted by molar-refractivity contribution is 6.43. The van der Waals surface area contributed by atoms with Crippen molar-refractivity contribution in [2.24, 2.45) is 0 Å². The maximum atomic E-state index is 11.0. The van der Waals surface area contributed by atoms with Crippen LogP contribution in [0.3, 0.4) is 0 Å². The minimum atomic E-state index is -1.44. The number of carbonyl (C=O) groups is 1. The molecule has 0 aromatic heterocycles. The predicted octanol–water partition coefficient (Wildman–Crippen LogP) is 1.96. The van der Waals surface area contributed by atoms with E-state index >= 15 is 0 Å². The van der Waals surface area contributed by atoms with Gasteiger partial charge < -0.3 is 4.46 Å². The molecule has 3 heteroatoms. The zero-order valence-corrected chi connectivity index (χ0v) is 8.31. The van der Waals surface area contributed by atoms with Gasteiger partial charge in [-0.15, -0.1) is 0 Å². The smallest absolute Gasteiger partial charge is 0.280 e. The third kappa shape index (κ3) is 5.85. The molecule has 0 fully saturated rings. The van der Waals surface area contributed by atoms with Gasteiger partial charge in [0.2, 0.25) is 0 Å². The minimum absolute atomic E-state index is 0.0356. The summed E-state index contributed by atoms with van der Waals surface area (Å²) in [6.07, 6.45) is 1.55. The van der Waals surface area contributed by atoms with Crippen LogP contribution >= 0.6 is 0 Å². The van der Waals surface area contributed by atoms with Crippen LogP contribution in [-0.2, 0) is 9.26 Å². The Balaban J connectivity index is 3.96. The summed E-state index contributed by atoms with van der Waals surface area (Å²) in [5.41, 5.74) is 0.934. The molecule has 0 aliphatic heterocycles. The van der Waals surface area contributed by atoms with Gasteiger partial charge in [0, 0.05) is 6.04 Å². The monoisotopic (exact) mass is 170 g/mol. The van der Waals surface area contributed by atoms with E-state index in [0.717, 1.165) is 11.6 Å². The zero-order chi connectivity index (χ0) is 8.85. The summed E-state index contributed by atoms with van der Waals surface area (Å²) in [7, 11) is -1.44. The molecule has 0 unspecified atom stereocenters. The lowest BCUT2D eigenvalue weighted by atomic mass is 10.3. The molecule has 0 amide bonds. The predicted molar refractivity (Wildman–Crippen MR) is 46.2 cm³/mol. The number of hydrogen-bond donors (Lipinski definition) is 0. The molecule has 0 heterocycles. The van der Waals surface area contributed by atoms with E-state index in [1.165, 1.54) is 6.92 Å². The molecular formula is C8H14O2Si. The van der Waals surface area contributed by atoms with Crippen LogP contribution in [0.25, 0.3) is 0 Å². The first kappa shape index (κ1) is 10.4. The molecule has 0 aromatic carbocycles. The number of allylic oxidation sites excluding steroid dienone is 2. The van der Waals surface area contributed by atoms with Crippen molar-refractivity contribution in [3.05, 3.63) is 11.6 Å². The van der Waals surface area contributed by atoms with E-state index in [1.54, 1.807) is 6.08 Å². The van der Waals surface area contributed by atoms with Gasteiger partial charge in [0.25, 0.3) is 8.68 Å². The van der Waals surface area contributed by atoms with Crippen LogP contribution in [0.1, 0.15) is 20.8 Å². The highest BCUT2D eigenvalue weighted by atomic mass is 28.3. The molecule has 11 heavy (non-hydrogen) atoms. The molecule has 0 aromatic rings. The van der Waals surface area contributed by atoms with E-state index < -0.39 is 8.68 Å². The van der Waals surface area contributed by atoms with E-state index in [1.807, 2.05) is 13.8 Å². The summed E-state index contributed by atoms with van der Waals surface area (Å²) in [6, 6.07) is 1.33. The molecule has 0 spiro atoms. The molecule has 0 saturated carbocycles. The first-order valence-electron chi connectivity index (χ1n) is 3.75. The molecule has 0 aliphatic carbocycles. The largest absolute Gasteiger partial charge is 0.388 e. The van der Waals surface area contributed by atoms with Gasteiger partial charge in [0.15, 0.2) is 5.78 Å². The number of ketones is 1. The van der Waals surface area contributed by atoms with Gasteiger partial charge in [-0.3, -0.25) is 4.79 Å². The standard InChI is InChI=1S/C8H14O2Si/c1-4-11(10)6-7(2)5-8(3)9/h5H,4,6H2,1-3H3. The highest BCUT2D eigenvalue weighted by Crippen LogP contribution is 2.03. The van der Waals surface area contributed by atoms with Gasteiger partial charge in [-0.05, 0) is 26.0 Å². The highest BCUT2D eigenvalue weighted by Gasteiger charge is 2.02. The Morgan fingerprint density at radius 2 is 2.00 bits per heavy atom. The van der Waals surface area contributed by atoms with Crippen molar-refractivity contribution in [2.75, 3.05) is 0 Å². The van der Waals surface area contributed by atoms with E-state index in [-0.39, 0.29) is 5.78 Å². The van der Waals surface area contributed by atoms with Gasteiger partial charge in [0.05, 0.1) is 0 Å². The second-order valence-electron chi connectivity index (χ2n) is 2.67. The molecule has 0 N–H and O–H groups in total. The van der Waals surface area contributed by atoms with Crippen molar-refractivity contribution in [1.29, 1.82) is 0 Å². The lowest BCUT2D eigenvalue weighted by molar-refractivity contribution is -0.112. The van der Waals surface area contributed by atoms with Crippen LogP contribution in [-0.4, -0.2) is 14.5 Å². The Bertz CT molecular complexity index is 194. The quantitative estimate of drug-likeness (QED) is 0.477. The van der Waals surface area contributed by atoms with Crippen LogP contribution in [0.4, 0.5) is 0 Å². The summed E-state index contributed by atoms with van der Waals surface area (Å²) in [5.74, 6) is 0.0356. The maximum Gasteiger partial charge on any atom is 0.280 e. The van der Waals surface area contributed by atoms with Crippen molar-refractivity contribution in [1.82, 2.24) is 0 Å². The van der Waals surface area contributed by atoms with Gasteiger partial charge in [-0.1, -0.05) is 12.5 Å². The first-order chi connectivity index (χ1) is 5.06. The second kappa shape index (κ2) is 5.13. The van der Waals surface area contributed by atoms with E-state index in [2.05, 4.69) is 0 Å². The molecule has 0 aliphatic rings. The Morgan fingerprint density at radius 3 is 2.36 bits per heavy atom. The fourth-order valence-electron chi connectivity index (χ4n) is 0.834. The molecule has 2 nitrogen and oxygen atoms in total. The molecule has 0 bridgehead atoms. The number of carbonyl (C=O) groups excluding carboxylic acids is 1. The van der Waals surface area contributed by atoms with Gasteiger partial charge in [-0.25, -0.2) is 0 Å². The molecule has 0 rings (SSSR count). The van der Waals surface area contributed by atoms with E-state index in [0.29, 0.717) is 6.04 Å². The summed E-state index contributed by atoms with van der Waals surface area (Å²) in [6.45, 7) is 5.26. The van der Waals surface area contributed by atoms with Gasteiger partial charge in [0.1, 0.15) is 0 Å². The third-order valence-electron chi connectivity index (χ3n) is 1.32. The summed E-state index contributed by atoms with van der Waals surface area (Å²) in [5, 5.41) is 0. The third-order valence-corrected chi connectivity index (χ3v) is 3.06. The second-order valence-corrected chi connectivity index (χ2v) is 4.81. The van der Waals surface area contributed by atoms with Crippen molar-refractivity contribution >= 4 is 14.5 Å². The van der Waals surface area contributed by atoms with E-state index in [9.17, 15) is 9.26 Å². The Hall–Kier alpha value is -0.573. The molecular weight excluding hydrogens is 156 g/mol. The van der Waals surface area contributed by atoms with Crippen molar-refractivity contribution in [3.63, 3.8) is 0 Å². The lowest BCUT2D eigenvalue weighted by Crippen LogP contribution is -1.97. The summed E-state index contributed by atoms with van der Waals surface area (Å²) in [4.78, 5) is 10.6. The van der Waals surface area contributed by atoms with Crippen molar-refractivity contribution in [2.45, 2.75) is 32.9 Å². The molecule has 0 atom stereocenters. The van der Waals surface area contributed by atoms with Crippen LogP contribution in [0.2, 0.25) is 12.1 Å². The molecule has 62 valence electrons. The Morgan fingerprint density at radius 1 is 1.45 bits per heavy atom. The molecule has 0 saturated heterocycles. The summed E-state index contributed by atoms with van der Waals surface area (Å²) < 4.78 is 11.0. The first-order valence-corrected chi connectivity index (χ1v) is 5.58.